The van der Waals surface area contributed by atoms with Gasteiger partial charge in [0.25, 0.3) is 0 Å². The number of carboxylic acid groups (broad SMARTS) is 1. The van der Waals surface area contributed by atoms with Crippen molar-refractivity contribution in [2.45, 2.75) is 51.6 Å². The molecule has 0 amide bonds. The van der Waals surface area contributed by atoms with E-state index in [-0.39, 0.29) is 12.5 Å². The van der Waals surface area contributed by atoms with E-state index in [0.717, 1.165) is 32.4 Å². The first-order chi connectivity index (χ1) is 9.19. The summed E-state index contributed by atoms with van der Waals surface area (Å²) in [6.07, 6.45) is 4.68. The number of nitrogens with zero attached hydrogens (tertiary/aromatic N) is 1. The molecule has 1 aliphatic heterocycles. The van der Waals surface area contributed by atoms with Gasteiger partial charge in [0.15, 0.2) is 0 Å². The van der Waals surface area contributed by atoms with Crippen molar-refractivity contribution in [2.75, 3.05) is 6.54 Å². The van der Waals surface area contributed by atoms with Crippen LogP contribution >= 0.6 is 0 Å². The van der Waals surface area contributed by atoms with Crippen LogP contribution in [0.2, 0.25) is 0 Å². The van der Waals surface area contributed by atoms with Crippen molar-refractivity contribution in [1.82, 2.24) is 4.90 Å². The van der Waals surface area contributed by atoms with Gasteiger partial charge in [-0.2, -0.15) is 0 Å². The Morgan fingerprint density at radius 2 is 1.95 bits per heavy atom. The quantitative estimate of drug-likeness (QED) is 0.885. The fourth-order valence-corrected chi connectivity index (χ4v) is 2.82. The van der Waals surface area contributed by atoms with Crippen LogP contribution in [0.1, 0.15) is 43.7 Å². The van der Waals surface area contributed by atoms with Crippen molar-refractivity contribution in [3.8, 4) is 0 Å². The average molecular weight is 261 g/mol. The third-order valence-electron chi connectivity index (χ3n) is 3.98. The topological polar surface area (TPSA) is 40.5 Å². The first-order valence-corrected chi connectivity index (χ1v) is 7.22. The average Bonchev–Trinajstić information content (AvgIpc) is 2.41. The van der Waals surface area contributed by atoms with Crippen molar-refractivity contribution in [3.05, 3.63) is 35.4 Å². The van der Waals surface area contributed by atoms with E-state index < -0.39 is 5.97 Å². The van der Waals surface area contributed by atoms with Gasteiger partial charge in [0, 0.05) is 12.6 Å². The lowest BCUT2D eigenvalue weighted by atomic mass is 9.98. The third kappa shape index (κ3) is 4.06. The molecule has 1 saturated heterocycles. The second kappa shape index (κ2) is 6.71. The Morgan fingerprint density at radius 1 is 1.26 bits per heavy atom. The highest BCUT2D eigenvalue weighted by Gasteiger charge is 2.24. The van der Waals surface area contributed by atoms with Crippen LogP contribution in [0.25, 0.3) is 0 Å². The zero-order valence-corrected chi connectivity index (χ0v) is 11.6. The first-order valence-electron chi connectivity index (χ1n) is 7.22. The van der Waals surface area contributed by atoms with Gasteiger partial charge < -0.3 is 5.11 Å². The normalized spacial score (nSPS) is 20.4. The number of hydrogen-bond acceptors (Lipinski definition) is 2. The zero-order chi connectivity index (χ0) is 13.7. The minimum atomic E-state index is -0.682. The highest BCUT2D eigenvalue weighted by atomic mass is 16.4. The Bertz CT molecular complexity index is 413. The molecule has 0 aliphatic carbocycles. The lowest BCUT2D eigenvalue weighted by Gasteiger charge is -2.35. The van der Waals surface area contributed by atoms with Gasteiger partial charge in [-0.15, -0.1) is 0 Å². The Labute approximate surface area is 115 Å². The highest BCUT2D eigenvalue weighted by molar-refractivity contribution is 5.67. The van der Waals surface area contributed by atoms with Gasteiger partial charge >= 0.3 is 5.97 Å². The van der Waals surface area contributed by atoms with Crippen molar-refractivity contribution < 1.29 is 9.90 Å². The molecule has 1 N–H and O–H groups in total. The summed E-state index contributed by atoms with van der Waals surface area (Å²) < 4.78 is 0. The van der Waals surface area contributed by atoms with Crippen LogP contribution in [0.15, 0.2) is 24.3 Å². The second-order valence-corrected chi connectivity index (χ2v) is 5.39. The molecule has 0 aromatic heterocycles. The Balaban J connectivity index is 1.99. The molecule has 2 rings (SSSR count). The number of rotatable bonds is 5. The molecule has 1 heterocycles. The van der Waals surface area contributed by atoms with Crippen LogP contribution in [0.3, 0.4) is 0 Å². The Morgan fingerprint density at radius 3 is 2.58 bits per heavy atom. The van der Waals surface area contributed by atoms with E-state index in [1.165, 1.54) is 17.5 Å². The van der Waals surface area contributed by atoms with Crippen molar-refractivity contribution in [3.63, 3.8) is 0 Å². The SMILES string of the molecule is CCc1ccc(CN2CCCCC2CC(=O)O)cc1. The van der Waals surface area contributed by atoms with E-state index in [1.807, 2.05) is 0 Å². The fourth-order valence-electron chi connectivity index (χ4n) is 2.82. The molecule has 0 radical (unpaired) electrons. The smallest absolute Gasteiger partial charge is 0.304 e. The number of aryl methyl sites for hydroxylation is 1. The van der Waals surface area contributed by atoms with E-state index in [2.05, 4.69) is 36.1 Å². The summed E-state index contributed by atoms with van der Waals surface area (Å²) in [7, 11) is 0. The molecular formula is C16H23NO2. The predicted molar refractivity (Wildman–Crippen MR) is 76.1 cm³/mol. The molecule has 1 aromatic rings. The fraction of sp³-hybridized carbons (Fsp3) is 0.562. The minimum absolute atomic E-state index is 0.206. The Kier molecular flexibility index (Phi) is 4.97. The molecule has 0 bridgehead atoms. The maximum absolute atomic E-state index is 10.9. The number of piperidine rings is 1. The van der Waals surface area contributed by atoms with Crippen LogP contribution in [0, 0.1) is 0 Å². The number of benzene rings is 1. The van der Waals surface area contributed by atoms with E-state index in [9.17, 15) is 4.79 Å². The van der Waals surface area contributed by atoms with Gasteiger partial charge in [-0.1, -0.05) is 37.6 Å². The standard InChI is InChI=1S/C16H23NO2/c1-2-13-6-8-14(9-7-13)12-17-10-4-3-5-15(17)11-16(18)19/h6-9,15H,2-5,10-12H2,1H3,(H,18,19). The van der Waals surface area contributed by atoms with E-state index in [1.54, 1.807) is 0 Å². The van der Waals surface area contributed by atoms with E-state index >= 15 is 0 Å². The van der Waals surface area contributed by atoms with Gasteiger partial charge in [0.2, 0.25) is 0 Å². The molecule has 104 valence electrons. The molecule has 19 heavy (non-hydrogen) atoms. The lowest BCUT2D eigenvalue weighted by molar-refractivity contribution is -0.138. The molecule has 3 heteroatoms. The number of hydrogen-bond donors (Lipinski definition) is 1. The molecule has 1 aliphatic rings. The van der Waals surface area contributed by atoms with Gasteiger partial charge in [-0.25, -0.2) is 0 Å². The molecule has 1 atom stereocenters. The van der Waals surface area contributed by atoms with Gasteiger partial charge in [-0.3, -0.25) is 9.69 Å². The molecule has 1 aromatic carbocycles. The minimum Gasteiger partial charge on any atom is -0.481 e. The number of aliphatic carboxylic acids is 1. The number of carbonyl (C=O) groups is 1. The van der Waals surface area contributed by atoms with Crippen LogP contribution in [-0.4, -0.2) is 28.6 Å². The summed E-state index contributed by atoms with van der Waals surface area (Å²) in [5, 5.41) is 8.99. The van der Waals surface area contributed by atoms with Crippen molar-refractivity contribution in [2.24, 2.45) is 0 Å². The third-order valence-corrected chi connectivity index (χ3v) is 3.98. The molecular weight excluding hydrogens is 238 g/mol. The zero-order valence-electron chi connectivity index (χ0n) is 11.6. The summed E-state index contributed by atoms with van der Waals surface area (Å²) in [5.74, 6) is -0.682. The van der Waals surface area contributed by atoms with Crippen LogP contribution in [-0.2, 0) is 17.8 Å². The van der Waals surface area contributed by atoms with Crippen LogP contribution < -0.4 is 0 Å². The predicted octanol–water partition coefficient (Wildman–Crippen LogP) is 3.08. The molecule has 1 unspecified atom stereocenters. The molecule has 0 spiro atoms. The summed E-state index contributed by atoms with van der Waals surface area (Å²) in [5.41, 5.74) is 2.64. The number of carboxylic acids is 1. The summed E-state index contributed by atoms with van der Waals surface area (Å²) in [4.78, 5) is 13.3. The van der Waals surface area contributed by atoms with E-state index in [4.69, 9.17) is 5.11 Å². The summed E-state index contributed by atoms with van der Waals surface area (Å²) in [6.45, 7) is 4.05. The monoisotopic (exact) mass is 261 g/mol. The first kappa shape index (κ1) is 14.1. The maximum Gasteiger partial charge on any atom is 0.304 e. The van der Waals surface area contributed by atoms with Crippen molar-refractivity contribution in [1.29, 1.82) is 0 Å². The van der Waals surface area contributed by atoms with E-state index in [0.29, 0.717) is 0 Å². The lowest BCUT2D eigenvalue weighted by Crippen LogP contribution is -2.40. The Hall–Kier alpha value is -1.35. The van der Waals surface area contributed by atoms with Crippen molar-refractivity contribution >= 4 is 5.97 Å². The highest BCUT2D eigenvalue weighted by Crippen LogP contribution is 2.22. The van der Waals surface area contributed by atoms with Gasteiger partial charge in [-0.05, 0) is 36.9 Å². The van der Waals surface area contributed by atoms with Crippen LogP contribution in [0.5, 0.6) is 0 Å². The van der Waals surface area contributed by atoms with Gasteiger partial charge in [0.05, 0.1) is 6.42 Å². The summed E-state index contributed by atoms with van der Waals surface area (Å²) >= 11 is 0. The summed E-state index contributed by atoms with van der Waals surface area (Å²) in [6, 6.07) is 8.89. The van der Waals surface area contributed by atoms with Crippen LogP contribution in [0.4, 0.5) is 0 Å². The molecule has 1 fully saturated rings. The maximum atomic E-state index is 10.9. The van der Waals surface area contributed by atoms with Gasteiger partial charge in [0.1, 0.15) is 0 Å². The molecule has 0 saturated carbocycles. The molecule has 3 nitrogen and oxygen atoms in total. The second-order valence-electron chi connectivity index (χ2n) is 5.39. The largest absolute Gasteiger partial charge is 0.481 e. The number of likely N-dealkylation sites (tertiary alicyclic amines) is 1.